The molecule has 1 saturated heterocycles. The maximum absolute atomic E-state index is 11.6. The molecule has 2 amide bonds. The van der Waals surface area contributed by atoms with Crippen LogP contribution in [0.2, 0.25) is 0 Å². The molecular formula is C12H20N2O3. The van der Waals surface area contributed by atoms with Gasteiger partial charge in [0.15, 0.2) is 0 Å². The summed E-state index contributed by atoms with van der Waals surface area (Å²) in [6.45, 7) is 3.63. The zero-order valence-electron chi connectivity index (χ0n) is 10.3. The standard InChI is InChI=1S/C12H20N2O3/c1-2-5-13-10(9-3-4-9)6-14-11(15)7-17-8-12(14)16/h9-10,13H,2-8H2,1H3. The van der Waals surface area contributed by atoms with E-state index in [1.165, 1.54) is 17.7 Å². The first-order valence-corrected chi connectivity index (χ1v) is 6.36. The predicted molar refractivity (Wildman–Crippen MR) is 62.3 cm³/mol. The maximum Gasteiger partial charge on any atom is 0.255 e. The summed E-state index contributed by atoms with van der Waals surface area (Å²) in [4.78, 5) is 24.6. The minimum atomic E-state index is -0.204. The van der Waals surface area contributed by atoms with Crippen LogP contribution in [0, 0.1) is 5.92 Å². The third-order valence-electron chi connectivity index (χ3n) is 3.28. The number of rotatable bonds is 6. The van der Waals surface area contributed by atoms with Crippen LogP contribution in [0.15, 0.2) is 0 Å². The van der Waals surface area contributed by atoms with Crippen LogP contribution >= 0.6 is 0 Å². The molecule has 96 valence electrons. The van der Waals surface area contributed by atoms with Gasteiger partial charge in [0.25, 0.3) is 11.8 Å². The lowest BCUT2D eigenvalue weighted by Crippen LogP contribution is -2.52. The third-order valence-corrected chi connectivity index (χ3v) is 3.28. The van der Waals surface area contributed by atoms with Crippen LogP contribution in [0.4, 0.5) is 0 Å². The van der Waals surface area contributed by atoms with Gasteiger partial charge in [-0.1, -0.05) is 6.92 Å². The van der Waals surface area contributed by atoms with Crippen LogP contribution in [0.5, 0.6) is 0 Å². The van der Waals surface area contributed by atoms with Gasteiger partial charge in [0, 0.05) is 12.6 Å². The smallest absolute Gasteiger partial charge is 0.255 e. The Labute approximate surface area is 101 Å². The number of nitrogens with one attached hydrogen (secondary N) is 1. The molecule has 2 aliphatic rings. The van der Waals surface area contributed by atoms with E-state index < -0.39 is 0 Å². The molecule has 5 nitrogen and oxygen atoms in total. The van der Waals surface area contributed by atoms with Crippen LogP contribution in [0.25, 0.3) is 0 Å². The zero-order valence-corrected chi connectivity index (χ0v) is 10.3. The second kappa shape index (κ2) is 5.60. The molecule has 1 saturated carbocycles. The fourth-order valence-electron chi connectivity index (χ4n) is 2.13. The molecule has 0 radical (unpaired) electrons. The molecule has 5 heteroatoms. The highest BCUT2D eigenvalue weighted by Crippen LogP contribution is 2.33. The van der Waals surface area contributed by atoms with E-state index in [1.807, 2.05) is 0 Å². The molecule has 17 heavy (non-hydrogen) atoms. The molecule has 0 aromatic heterocycles. The summed E-state index contributed by atoms with van der Waals surface area (Å²) in [6.07, 6.45) is 3.47. The van der Waals surface area contributed by atoms with Crippen LogP contribution in [-0.2, 0) is 14.3 Å². The van der Waals surface area contributed by atoms with Gasteiger partial charge in [-0.05, 0) is 31.7 Å². The van der Waals surface area contributed by atoms with E-state index in [0.717, 1.165) is 13.0 Å². The summed E-state index contributed by atoms with van der Waals surface area (Å²) >= 11 is 0. The Kier molecular flexibility index (Phi) is 4.12. The largest absolute Gasteiger partial charge is 0.362 e. The van der Waals surface area contributed by atoms with Crippen molar-refractivity contribution in [1.82, 2.24) is 10.2 Å². The van der Waals surface area contributed by atoms with Gasteiger partial charge in [-0.15, -0.1) is 0 Å². The summed E-state index contributed by atoms with van der Waals surface area (Å²) in [5, 5.41) is 3.43. The van der Waals surface area contributed by atoms with E-state index in [4.69, 9.17) is 4.74 Å². The Morgan fingerprint density at radius 1 is 1.35 bits per heavy atom. The van der Waals surface area contributed by atoms with E-state index in [9.17, 15) is 9.59 Å². The highest BCUT2D eigenvalue weighted by Gasteiger charge is 2.35. The molecule has 1 N–H and O–H groups in total. The SMILES string of the molecule is CCCNC(CN1C(=O)COCC1=O)C1CC1. The number of hydrogen-bond donors (Lipinski definition) is 1. The quantitative estimate of drug-likeness (QED) is 0.671. The van der Waals surface area contributed by atoms with Gasteiger partial charge in [0.1, 0.15) is 13.2 Å². The van der Waals surface area contributed by atoms with Gasteiger partial charge in [-0.2, -0.15) is 0 Å². The van der Waals surface area contributed by atoms with E-state index in [2.05, 4.69) is 12.2 Å². The highest BCUT2D eigenvalue weighted by molar-refractivity contribution is 5.98. The van der Waals surface area contributed by atoms with Crippen molar-refractivity contribution >= 4 is 11.8 Å². The lowest BCUT2D eigenvalue weighted by Gasteiger charge is -2.29. The monoisotopic (exact) mass is 240 g/mol. The molecule has 1 aliphatic heterocycles. The third kappa shape index (κ3) is 3.26. The van der Waals surface area contributed by atoms with Crippen molar-refractivity contribution in [2.75, 3.05) is 26.3 Å². The number of carbonyl (C=O) groups is 2. The van der Waals surface area contributed by atoms with E-state index >= 15 is 0 Å². The summed E-state index contributed by atoms with van der Waals surface area (Å²) in [6, 6.07) is 0.265. The maximum atomic E-state index is 11.6. The van der Waals surface area contributed by atoms with Crippen molar-refractivity contribution in [3.8, 4) is 0 Å². The van der Waals surface area contributed by atoms with Crippen LogP contribution in [0.3, 0.4) is 0 Å². The van der Waals surface area contributed by atoms with Gasteiger partial charge in [0.05, 0.1) is 0 Å². The Balaban J connectivity index is 1.91. The number of morpholine rings is 1. The Morgan fingerprint density at radius 2 is 2.00 bits per heavy atom. The Bertz CT molecular complexity index is 286. The average molecular weight is 240 g/mol. The lowest BCUT2D eigenvalue weighted by molar-refractivity contribution is -0.158. The fraction of sp³-hybridized carbons (Fsp3) is 0.833. The van der Waals surface area contributed by atoms with Crippen molar-refractivity contribution < 1.29 is 14.3 Å². The average Bonchev–Trinajstić information content (AvgIpc) is 3.12. The topological polar surface area (TPSA) is 58.6 Å². The molecule has 1 aliphatic carbocycles. The van der Waals surface area contributed by atoms with Gasteiger partial charge in [-0.25, -0.2) is 0 Å². The molecule has 1 atom stereocenters. The van der Waals surface area contributed by atoms with Crippen LogP contribution < -0.4 is 5.32 Å². The molecular weight excluding hydrogens is 220 g/mol. The van der Waals surface area contributed by atoms with Crippen LogP contribution in [0.1, 0.15) is 26.2 Å². The van der Waals surface area contributed by atoms with Gasteiger partial charge >= 0.3 is 0 Å². The van der Waals surface area contributed by atoms with Crippen molar-refractivity contribution in [2.24, 2.45) is 5.92 Å². The number of hydrogen-bond acceptors (Lipinski definition) is 4. The van der Waals surface area contributed by atoms with Gasteiger partial charge in [0.2, 0.25) is 0 Å². The lowest BCUT2D eigenvalue weighted by atomic mass is 10.1. The normalized spacial score (nSPS) is 23.0. The molecule has 0 bridgehead atoms. The van der Waals surface area contributed by atoms with Gasteiger partial charge in [-0.3, -0.25) is 14.5 Å². The number of ether oxygens (including phenoxy) is 1. The van der Waals surface area contributed by atoms with Crippen LogP contribution in [-0.4, -0.2) is 49.1 Å². The second-order valence-electron chi connectivity index (χ2n) is 4.79. The molecule has 2 fully saturated rings. The molecule has 0 aromatic rings. The van der Waals surface area contributed by atoms with Crippen molar-refractivity contribution in [1.29, 1.82) is 0 Å². The predicted octanol–water partition coefficient (Wildman–Crippen LogP) is 0.150. The zero-order chi connectivity index (χ0) is 12.3. The number of imide groups is 1. The first-order chi connectivity index (χ1) is 8.22. The highest BCUT2D eigenvalue weighted by atomic mass is 16.5. The molecule has 0 spiro atoms. The number of amides is 2. The van der Waals surface area contributed by atoms with E-state index in [-0.39, 0.29) is 31.1 Å². The minimum absolute atomic E-state index is 0.0386. The van der Waals surface area contributed by atoms with E-state index in [0.29, 0.717) is 12.5 Å². The molecule has 1 unspecified atom stereocenters. The molecule has 1 heterocycles. The Morgan fingerprint density at radius 3 is 2.53 bits per heavy atom. The Hall–Kier alpha value is -0.940. The minimum Gasteiger partial charge on any atom is -0.362 e. The fourth-order valence-corrected chi connectivity index (χ4v) is 2.13. The summed E-state index contributed by atoms with van der Waals surface area (Å²) in [5.74, 6) is 0.223. The van der Waals surface area contributed by atoms with Gasteiger partial charge < -0.3 is 10.1 Å². The summed E-state index contributed by atoms with van der Waals surface area (Å²) < 4.78 is 4.90. The second-order valence-corrected chi connectivity index (χ2v) is 4.79. The first-order valence-electron chi connectivity index (χ1n) is 6.36. The van der Waals surface area contributed by atoms with E-state index in [1.54, 1.807) is 0 Å². The summed E-state index contributed by atoms with van der Waals surface area (Å²) in [5.41, 5.74) is 0. The van der Waals surface area contributed by atoms with Crippen molar-refractivity contribution in [3.63, 3.8) is 0 Å². The number of carbonyl (C=O) groups excluding carboxylic acids is 2. The molecule has 2 rings (SSSR count). The van der Waals surface area contributed by atoms with Crippen molar-refractivity contribution in [2.45, 2.75) is 32.2 Å². The number of nitrogens with zero attached hydrogens (tertiary/aromatic N) is 1. The first kappa shape index (κ1) is 12.5. The summed E-state index contributed by atoms with van der Waals surface area (Å²) in [7, 11) is 0. The van der Waals surface area contributed by atoms with Crippen molar-refractivity contribution in [3.05, 3.63) is 0 Å². The molecule has 0 aromatic carbocycles.